The molecule has 0 bridgehead atoms. The molecule has 1 heterocycles. The normalized spacial score (nSPS) is 16.1. The van der Waals surface area contributed by atoms with E-state index in [1.165, 1.54) is 24.6 Å². The molecule has 2 aromatic rings. The van der Waals surface area contributed by atoms with Crippen LogP contribution in [-0.2, 0) is 0 Å². The summed E-state index contributed by atoms with van der Waals surface area (Å²) in [6.45, 7) is 0. The van der Waals surface area contributed by atoms with E-state index >= 15 is 0 Å². The van der Waals surface area contributed by atoms with Crippen molar-refractivity contribution in [3.05, 3.63) is 34.9 Å². The summed E-state index contributed by atoms with van der Waals surface area (Å²) in [5, 5.41) is 4.74. The maximum Gasteiger partial charge on any atom is 0.0934 e. The number of pyridine rings is 1. The van der Waals surface area contributed by atoms with Gasteiger partial charge in [-0.15, -0.1) is 0 Å². The molecular weight excluding hydrogens is 264 g/mol. The molecule has 0 saturated heterocycles. The molecule has 1 saturated carbocycles. The van der Waals surface area contributed by atoms with Crippen molar-refractivity contribution < 1.29 is 0 Å². The van der Waals surface area contributed by atoms with Gasteiger partial charge in [0, 0.05) is 22.1 Å². The van der Waals surface area contributed by atoms with Gasteiger partial charge in [0.15, 0.2) is 0 Å². The molecular formula is C13H13BrN2. The third kappa shape index (κ3) is 1.80. The number of hydrogen-bond acceptors (Lipinski definition) is 2. The van der Waals surface area contributed by atoms with Crippen LogP contribution in [0.1, 0.15) is 19.3 Å². The third-order valence-electron chi connectivity index (χ3n) is 3.14. The van der Waals surface area contributed by atoms with Crippen molar-refractivity contribution in [3.8, 4) is 0 Å². The zero-order valence-corrected chi connectivity index (χ0v) is 10.5. The van der Waals surface area contributed by atoms with Crippen molar-refractivity contribution >= 4 is 32.5 Å². The van der Waals surface area contributed by atoms with E-state index in [0.717, 1.165) is 15.7 Å². The van der Waals surface area contributed by atoms with Crippen molar-refractivity contribution in [2.24, 2.45) is 0 Å². The number of fused-ring (bicyclic) bond motifs is 1. The summed E-state index contributed by atoms with van der Waals surface area (Å²) in [6.07, 6.45) is 5.77. The Morgan fingerprint density at radius 1 is 1.31 bits per heavy atom. The van der Waals surface area contributed by atoms with Crippen LogP contribution >= 0.6 is 15.9 Å². The second-order valence-electron chi connectivity index (χ2n) is 4.30. The molecule has 3 rings (SSSR count). The third-order valence-corrected chi connectivity index (χ3v) is 3.58. The van der Waals surface area contributed by atoms with E-state index in [0.29, 0.717) is 6.04 Å². The molecule has 82 valence electrons. The Balaban J connectivity index is 2.02. The standard InChI is InChI=1S/C13H13BrN2/c14-10-7-9-3-1-6-12(13(9)15-8-10)16-11-4-2-5-11/h1,3,6-8,11,16H,2,4-5H2. The van der Waals surface area contributed by atoms with Crippen LogP contribution in [0.4, 0.5) is 5.69 Å². The minimum absolute atomic E-state index is 0.649. The molecule has 0 spiro atoms. The molecule has 1 aromatic carbocycles. The van der Waals surface area contributed by atoms with Gasteiger partial charge in [0.25, 0.3) is 0 Å². The van der Waals surface area contributed by atoms with Gasteiger partial charge >= 0.3 is 0 Å². The number of benzene rings is 1. The number of para-hydroxylation sites is 1. The highest BCUT2D eigenvalue weighted by molar-refractivity contribution is 9.10. The lowest BCUT2D eigenvalue weighted by atomic mass is 9.93. The molecule has 1 aromatic heterocycles. The molecule has 0 atom stereocenters. The fourth-order valence-corrected chi connectivity index (χ4v) is 2.37. The van der Waals surface area contributed by atoms with Crippen LogP contribution in [-0.4, -0.2) is 11.0 Å². The van der Waals surface area contributed by atoms with E-state index in [1.807, 2.05) is 6.20 Å². The Hall–Kier alpha value is -1.09. The Kier molecular flexibility index (Phi) is 2.56. The van der Waals surface area contributed by atoms with Gasteiger partial charge in [-0.25, -0.2) is 0 Å². The van der Waals surface area contributed by atoms with E-state index in [1.54, 1.807) is 0 Å². The van der Waals surface area contributed by atoms with Crippen molar-refractivity contribution in [3.63, 3.8) is 0 Å². The van der Waals surface area contributed by atoms with Crippen LogP contribution in [0.3, 0.4) is 0 Å². The summed E-state index contributed by atoms with van der Waals surface area (Å²) < 4.78 is 1.03. The minimum Gasteiger partial charge on any atom is -0.381 e. The maximum atomic E-state index is 4.48. The van der Waals surface area contributed by atoms with Gasteiger partial charge in [0.2, 0.25) is 0 Å². The number of rotatable bonds is 2. The predicted molar refractivity (Wildman–Crippen MR) is 70.7 cm³/mol. The number of anilines is 1. The smallest absolute Gasteiger partial charge is 0.0934 e. The summed E-state index contributed by atoms with van der Waals surface area (Å²) in [4.78, 5) is 4.48. The lowest BCUT2D eigenvalue weighted by molar-refractivity contribution is 0.446. The van der Waals surface area contributed by atoms with E-state index < -0.39 is 0 Å². The van der Waals surface area contributed by atoms with Crippen LogP contribution in [0.5, 0.6) is 0 Å². The van der Waals surface area contributed by atoms with Crippen LogP contribution in [0, 0.1) is 0 Å². The largest absolute Gasteiger partial charge is 0.381 e. The topological polar surface area (TPSA) is 24.9 Å². The Bertz CT molecular complexity index is 520. The van der Waals surface area contributed by atoms with E-state index in [9.17, 15) is 0 Å². The molecule has 1 aliphatic carbocycles. The first-order chi connectivity index (χ1) is 7.83. The molecule has 1 aliphatic rings. The zero-order chi connectivity index (χ0) is 11.0. The number of nitrogens with zero attached hydrogens (tertiary/aromatic N) is 1. The molecule has 0 unspecified atom stereocenters. The molecule has 0 aliphatic heterocycles. The zero-order valence-electron chi connectivity index (χ0n) is 8.91. The summed E-state index contributed by atoms with van der Waals surface area (Å²) in [5.41, 5.74) is 2.23. The van der Waals surface area contributed by atoms with Crippen LogP contribution in [0.15, 0.2) is 34.9 Å². The molecule has 1 fully saturated rings. The van der Waals surface area contributed by atoms with Gasteiger partial charge in [-0.3, -0.25) is 4.98 Å². The van der Waals surface area contributed by atoms with E-state index in [-0.39, 0.29) is 0 Å². The lowest BCUT2D eigenvalue weighted by Gasteiger charge is -2.27. The average Bonchev–Trinajstić information content (AvgIpc) is 2.23. The van der Waals surface area contributed by atoms with Crippen LogP contribution in [0.25, 0.3) is 10.9 Å². The Morgan fingerprint density at radius 2 is 2.19 bits per heavy atom. The lowest BCUT2D eigenvalue weighted by Crippen LogP contribution is -2.27. The number of aromatic nitrogens is 1. The highest BCUT2D eigenvalue weighted by atomic mass is 79.9. The first-order valence-electron chi connectivity index (χ1n) is 5.64. The Labute approximate surface area is 103 Å². The molecule has 0 radical (unpaired) electrons. The first-order valence-corrected chi connectivity index (χ1v) is 6.43. The summed E-state index contributed by atoms with van der Waals surface area (Å²) in [7, 11) is 0. The van der Waals surface area contributed by atoms with Gasteiger partial charge in [0.05, 0.1) is 11.2 Å². The number of halogens is 1. The second kappa shape index (κ2) is 4.06. The highest BCUT2D eigenvalue weighted by Gasteiger charge is 2.17. The van der Waals surface area contributed by atoms with Crippen molar-refractivity contribution in [2.75, 3.05) is 5.32 Å². The SMILES string of the molecule is Brc1cnc2c(NC3CCC3)cccc2c1. The second-order valence-corrected chi connectivity index (χ2v) is 5.22. The highest BCUT2D eigenvalue weighted by Crippen LogP contribution is 2.28. The molecule has 2 nitrogen and oxygen atoms in total. The van der Waals surface area contributed by atoms with Crippen LogP contribution < -0.4 is 5.32 Å². The number of nitrogens with one attached hydrogen (secondary N) is 1. The van der Waals surface area contributed by atoms with Gasteiger partial charge < -0.3 is 5.32 Å². The summed E-state index contributed by atoms with van der Waals surface area (Å²) in [5.74, 6) is 0. The van der Waals surface area contributed by atoms with Gasteiger partial charge in [-0.1, -0.05) is 12.1 Å². The summed E-state index contributed by atoms with van der Waals surface area (Å²) in [6, 6.07) is 9.04. The van der Waals surface area contributed by atoms with E-state index in [4.69, 9.17) is 0 Å². The Morgan fingerprint density at radius 3 is 2.94 bits per heavy atom. The molecule has 1 N–H and O–H groups in total. The predicted octanol–water partition coefficient (Wildman–Crippen LogP) is 3.96. The maximum absolute atomic E-state index is 4.48. The molecule has 16 heavy (non-hydrogen) atoms. The van der Waals surface area contributed by atoms with Gasteiger partial charge in [-0.2, -0.15) is 0 Å². The average molecular weight is 277 g/mol. The first kappa shape index (κ1) is 10.1. The quantitative estimate of drug-likeness (QED) is 0.898. The van der Waals surface area contributed by atoms with Crippen molar-refractivity contribution in [1.29, 1.82) is 0 Å². The summed E-state index contributed by atoms with van der Waals surface area (Å²) >= 11 is 3.45. The minimum atomic E-state index is 0.649. The van der Waals surface area contributed by atoms with Crippen molar-refractivity contribution in [1.82, 2.24) is 4.98 Å². The van der Waals surface area contributed by atoms with E-state index in [2.05, 4.69) is 50.5 Å². The van der Waals surface area contributed by atoms with Gasteiger partial charge in [0.1, 0.15) is 0 Å². The fraction of sp³-hybridized carbons (Fsp3) is 0.308. The van der Waals surface area contributed by atoms with Gasteiger partial charge in [-0.05, 0) is 47.3 Å². The fourth-order valence-electron chi connectivity index (χ4n) is 2.02. The van der Waals surface area contributed by atoms with Crippen molar-refractivity contribution in [2.45, 2.75) is 25.3 Å². The monoisotopic (exact) mass is 276 g/mol. The number of hydrogen-bond donors (Lipinski definition) is 1. The molecule has 0 amide bonds. The molecule has 3 heteroatoms. The van der Waals surface area contributed by atoms with Crippen LogP contribution in [0.2, 0.25) is 0 Å².